The van der Waals surface area contributed by atoms with Crippen molar-refractivity contribution in [3.63, 3.8) is 0 Å². The largest absolute Gasteiger partial charge is 0.396 e. The first-order valence-corrected chi connectivity index (χ1v) is 6.40. The fourth-order valence-corrected chi connectivity index (χ4v) is 2.81. The predicted molar refractivity (Wildman–Crippen MR) is 60.3 cm³/mol. The first-order valence-electron chi connectivity index (χ1n) is 6.40. The molecule has 5 heteroatoms. The summed E-state index contributed by atoms with van der Waals surface area (Å²) >= 11 is 0. The van der Waals surface area contributed by atoms with Gasteiger partial charge in [0.25, 0.3) is 0 Å². The molecule has 0 aromatic heterocycles. The van der Waals surface area contributed by atoms with Crippen LogP contribution in [0.5, 0.6) is 0 Å². The summed E-state index contributed by atoms with van der Waals surface area (Å²) in [5.41, 5.74) is 0. The van der Waals surface area contributed by atoms with Gasteiger partial charge in [-0.3, -0.25) is 0 Å². The number of aliphatic hydroxyl groups excluding tert-OH is 3. The van der Waals surface area contributed by atoms with E-state index < -0.39 is 18.0 Å². The maximum atomic E-state index is 10.1. The monoisotopic (exact) mass is 246 g/mol. The van der Waals surface area contributed by atoms with Gasteiger partial charge in [-0.1, -0.05) is 0 Å². The number of rotatable bonds is 2. The molecule has 3 N–H and O–H groups in total. The van der Waals surface area contributed by atoms with Crippen molar-refractivity contribution in [2.24, 2.45) is 0 Å². The summed E-state index contributed by atoms with van der Waals surface area (Å²) in [5.74, 6) is -1.07. The highest BCUT2D eigenvalue weighted by molar-refractivity contribution is 4.94. The number of aliphatic hydroxyl groups is 3. The standard InChI is InChI=1S/C12H22O5/c1-8-3-2-5-12(16-8)11(15)10(14)7-9(17-12)4-6-13/h8-11,13-15H,2-7H2,1H3/t8-,9-,10+,11-,12-/m1/s1. The summed E-state index contributed by atoms with van der Waals surface area (Å²) in [6.45, 7) is 1.96. The zero-order chi connectivity index (χ0) is 12.5. The zero-order valence-corrected chi connectivity index (χ0v) is 10.2. The van der Waals surface area contributed by atoms with Crippen molar-refractivity contribution in [1.29, 1.82) is 0 Å². The van der Waals surface area contributed by atoms with E-state index >= 15 is 0 Å². The molecule has 0 unspecified atom stereocenters. The highest BCUT2D eigenvalue weighted by Crippen LogP contribution is 2.40. The molecule has 0 aromatic rings. The van der Waals surface area contributed by atoms with E-state index in [0.29, 0.717) is 19.3 Å². The van der Waals surface area contributed by atoms with Gasteiger partial charge in [0.1, 0.15) is 6.10 Å². The van der Waals surface area contributed by atoms with Crippen LogP contribution in [0.4, 0.5) is 0 Å². The molecule has 5 nitrogen and oxygen atoms in total. The molecule has 2 rings (SSSR count). The average Bonchev–Trinajstić information content (AvgIpc) is 2.26. The van der Waals surface area contributed by atoms with Crippen molar-refractivity contribution in [3.8, 4) is 0 Å². The lowest BCUT2D eigenvalue weighted by Crippen LogP contribution is -2.61. The maximum absolute atomic E-state index is 10.1. The van der Waals surface area contributed by atoms with E-state index in [1.807, 2.05) is 6.92 Å². The zero-order valence-electron chi connectivity index (χ0n) is 10.2. The fraction of sp³-hybridized carbons (Fsp3) is 1.00. The van der Waals surface area contributed by atoms with Crippen molar-refractivity contribution in [1.82, 2.24) is 0 Å². The van der Waals surface area contributed by atoms with Crippen molar-refractivity contribution in [2.45, 2.75) is 69.2 Å². The molecular formula is C12H22O5. The van der Waals surface area contributed by atoms with Gasteiger partial charge in [-0.25, -0.2) is 0 Å². The van der Waals surface area contributed by atoms with E-state index in [-0.39, 0.29) is 18.8 Å². The molecule has 2 heterocycles. The Bertz CT molecular complexity index is 259. The molecule has 0 radical (unpaired) electrons. The second-order valence-electron chi connectivity index (χ2n) is 5.13. The van der Waals surface area contributed by atoms with Gasteiger partial charge in [-0.15, -0.1) is 0 Å². The fourth-order valence-electron chi connectivity index (χ4n) is 2.81. The SMILES string of the molecule is C[C@@H]1CCC[C@]2(O[C@H](CCO)C[C@H](O)[C@H]2O)O1. The van der Waals surface area contributed by atoms with Crippen LogP contribution in [0.25, 0.3) is 0 Å². The lowest BCUT2D eigenvalue weighted by Gasteiger charge is -2.49. The topological polar surface area (TPSA) is 79.2 Å². The molecule has 2 saturated heterocycles. The Hall–Kier alpha value is -0.200. The molecule has 2 fully saturated rings. The van der Waals surface area contributed by atoms with E-state index in [4.69, 9.17) is 14.6 Å². The molecule has 5 atom stereocenters. The minimum Gasteiger partial charge on any atom is -0.396 e. The van der Waals surface area contributed by atoms with Crippen molar-refractivity contribution in [3.05, 3.63) is 0 Å². The Kier molecular flexibility index (Phi) is 4.05. The molecule has 0 aromatic carbocycles. The third-order valence-corrected chi connectivity index (χ3v) is 3.67. The lowest BCUT2D eigenvalue weighted by molar-refractivity contribution is -0.365. The molecule has 0 bridgehead atoms. The van der Waals surface area contributed by atoms with E-state index in [9.17, 15) is 10.2 Å². The number of ether oxygens (including phenoxy) is 2. The highest BCUT2D eigenvalue weighted by atomic mass is 16.7. The van der Waals surface area contributed by atoms with Crippen LogP contribution in [-0.4, -0.2) is 52.1 Å². The van der Waals surface area contributed by atoms with Crippen LogP contribution < -0.4 is 0 Å². The van der Waals surface area contributed by atoms with Gasteiger partial charge >= 0.3 is 0 Å². The molecule has 2 aliphatic rings. The minimum absolute atomic E-state index is 0.0130. The normalized spacial score (nSPS) is 47.3. The smallest absolute Gasteiger partial charge is 0.197 e. The van der Waals surface area contributed by atoms with E-state index in [2.05, 4.69) is 0 Å². The molecule has 0 aliphatic carbocycles. The first kappa shape index (κ1) is 13.2. The van der Waals surface area contributed by atoms with Crippen LogP contribution in [0, 0.1) is 0 Å². The molecule has 1 spiro atoms. The molecule has 2 aliphatic heterocycles. The molecule has 0 saturated carbocycles. The quantitative estimate of drug-likeness (QED) is 0.647. The van der Waals surface area contributed by atoms with Gasteiger partial charge in [0.2, 0.25) is 0 Å². The Morgan fingerprint density at radius 3 is 2.71 bits per heavy atom. The summed E-state index contributed by atoms with van der Waals surface area (Å²) in [5, 5.41) is 28.9. The van der Waals surface area contributed by atoms with E-state index in [0.717, 1.165) is 12.8 Å². The van der Waals surface area contributed by atoms with E-state index in [1.54, 1.807) is 0 Å². The van der Waals surface area contributed by atoms with Gasteiger partial charge in [0, 0.05) is 19.4 Å². The third kappa shape index (κ3) is 2.63. The van der Waals surface area contributed by atoms with Gasteiger partial charge < -0.3 is 24.8 Å². The van der Waals surface area contributed by atoms with Crippen LogP contribution >= 0.6 is 0 Å². The average molecular weight is 246 g/mol. The molecule has 0 amide bonds. The van der Waals surface area contributed by atoms with Crippen LogP contribution in [0.2, 0.25) is 0 Å². The first-order chi connectivity index (χ1) is 8.07. The van der Waals surface area contributed by atoms with Crippen LogP contribution in [0.3, 0.4) is 0 Å². The summed E-state index contributed by atoms with van der Waals surface area (Å²) in [6, 6.07) is 0. The summed E-state index contributed by atoms with van der Waals surface area (Å²) in [4.78, 5) is 0. The molecular weight excluding hydrogens is 224 g/mol. The molecule has 100 valence electrons. The van der Waals surface area contributed by atoms with Crippen LogP contribution in [-0.2, 0) is 9.47 Å². The summed E-state index contributed by atoms with van der Waals surface area (Å²) in [7, 11) is 0. The van der Waals surface area contributed by atoms with Crippen LogP contribution in [0.1, 0.15) is 39.0 Å². The second kappa shape index (κ2) is 5.20. The van der Waals surface area contributed by atoms with Crippen molar-refractivity contribution < 1.29 is 24.8 Å². The maximum Gasteiger partial charge on any atom is 0.197 e. The van der Waals surface area contributed by atoms with E-state index in [1.165, 1.54) is 0 Å². The number of hydrogen-bond donors (Lipinski definition) is 3. The van der Waals surface area contributed by atoms with Crippen molar-refractivity contribution >= 4 is 0 Å². The van der Waals surface area contributed by atoms with Crippen LogP contribution in [0.15, 0.2) is 0 Å². The van der Waals surface area contributed by atoms with Gasteiger partial charge in [0.15, 0.2) is 5.79 Å². The Labute approximate surface area is 101 Å². The number of hydrogen-bond acceptors (Lipinski definition) is 5. The van der Waals surface area contributed by atoms with Gasteiger partial charge in [-0.05, 0) is 26.2 Å². The summed E-state index contributed by atoms with van der Waals surface area (Å²) in [6.07, 6.45) is 1.20. The van der Waals surface area contributed by atoms with Crippen molar-refractivity contribution in [2.75, 3.05) is 6.61 Å². The lowest BCUT2D eigenvalue weighted by atomic mass is 9.88. The minimum atomic E-state index is -1.07. The Morgan fingerprint density at radius 1 is 1.29 bits per heavy atom. The van der Waals surface area contributed by atoms with Gasteiger partial charge in [-0.2, -0.15) is 0 Å². The Morgan fingerprint density at radius 2 is 2.06 bits per heavy atom. The van der Waals surface area contributed by atoms with Gasteiger partial charge in [0.05, 0.1) is 18.3 Å². The third-order valence-electron chi connectivity index (χ3n) is 3.67. The molecule has 17 heavy (non-hydrogen) atoms. The Balaban J connectivity index is 2.11. The highest BCUT2D eigenvalue weighted by Gasteiger charge is 2.51. The second-order valence-corrected chi connectivity index (χ2v) is 5.13. The predicted octanol–water partition coefficient (Wildman–Crippen LogP) is 0.165. The summed E-state index contributed by atoms with van der Waals surface area (Å²) < 4.78 is 11.6.